The Labute approximate surface area is 213 Å². The van der Waals surface area contributed by atoms with Gasteiger partial charge in [-0.25, -0.2) is 5.43 Å². The molecule has 0 aliphatic heterocycles. The lowest BCUT2D eigenvalue weighted by Gasteiger charge is -2.15. The van der Waals surface area contributed by atoms with Crippen molar-refractivity contribution in [3.63, 3.8) is 0 Å². The van der Waals surface area contributed by atoms with Crippen molar-refractivity contribution in [1.82, 2.24) is 9.99 Å². The lowest BCUT2D eigenvalue weighted by atomic mass is 10.1. The Balaban J connectivity index is 1.43. The highest BCUT2D eigenvalue weighted by Gasteiger charge is 2.13. The van der Waals surface area contributed by atoms with Gasteiger partial charge in [-0.3, -0.25) is 4.79 Å². The number of aromatic nitrogens is 1. The van der Waals surface area contributed by atoms with Gasteiger partial charge in [0.15, 0.2) is 11.5 Å². The van der Waals surface area contributed by atoms with Crippen LogP contribution in [0.4, 0.5) is 0 Å². The minimum atomic E-state index is -0.289. The summed E-state index contributed by atoms with van der Waals surface area (Å²) in [5, 5.41) is 4.12. The third-order valence-electron chi connectivity index (χ3n) is 5.38. The van der Waals surface area contributed by atoms with Gasteiger partial charge in [0.25, 0.3) is 5.91 Å². The molecule has 4 aromatic rings. The minimum Gasteiger partial charge on any atom is -0.490 e. The first-order chi connectivity index (χ1) is 17.0. The Bertz CT molecular complexity index is 1320. The summed E-state index contributed by atoms with van der Waals surface area (Å²) in [6, 6.07) is 23.0. The van der Waals surface area contributed by atoms with Crippen molar-refractivity contribution in [2.45, 2.75) is 20.5 Å². The lowest BCUT2D eigenvalue weighted by Crippen LogP contribution is -2.17. The number of nitrogens with one attached hydrogen (secondary N) is 1. The first kappa shape index (κ1) is 24.3. The van der Waals surface area contributed by atoms with E-state index in [0.29, 0.717) is 30.3 Å². The fourth-order valence-corrected chi connectivity index (χ4v) is 4.08. The third-order valence-corrected chi connectivity index (χ3v) is 5.97. The zero-order valence-corrected chi connectivity index (χ0v) is 21.2. The molecule has 0 unspecified atom stereocenters. The summed E-state index contributed by atoms with van der Waals surface area (Å²) in [5.74, 6) is 0.936. The highest BCUT2D eigenvalue weighted by molar-refractivity contribution is 9.10. The van der Waals surface area contributed by atoms with E-state index < -0.39 is 0 Å². The molecule has 0 atom stereocenters. The van der Waals surface area contributed by atoms with E-state index in [2.05, 4.69) is 39.4 Å². The predicted molar refractivity (Wildman–Crippen MR) is 142 cm³/mol. The van der Waals surface area contributed by atoms with E-state index >= 15 is 0 Å². The van der Waals surface area contributed by atoms with Crippen molar-refractivity contribution in [1.29, 1.82) is 0 Å². The Hall–Kier alpha value is -3.84. The molecular formula is C28H26BrN3O3. The van der Waals surface area contributed by atoms with Crippen LogP contribution in [-0.2, 0) is 6.61 Å². The molecule has 0 radical (unpaired) electrons. The van der Waals surface area contributed by atoms with E-state index in [-0.39, 0.29) is 5.91 Å². The molecule has 0 saturated carbocycles. The summed E-state index contributed by atoms with van der Waals surface area (Å²) in [5.41, 5.74) is 7.11. The molecule has 0 aliphatic rings. The van der Waals surface area contributed by atoms with Gasteiger partial charge < -0.3 is 14.0 Å². The van der Waals surface area contributed by atoms with Crippen LogP contribution in [0.25, 0.3) is 5.69 Å². The van der Waals surface area contributed by atoms with Crippen molar-refractivity contribution in [3.05, 3.63) is 112 Å². The maximum absolute atomic E-state index is 12.5. The molecule has 0 aliphatic carbocycles. The monoisotopic (exact) mass is 531 g/mol. The molecule has 0 bridgehead atoms. The predicted octanol–water partition coefficient (Wildman–Crippen LogP) is 6.29. The molecule has 0 fully saturated rings. The molecule has 1 amide bonds. The first-order valence-electron chi connectivity index (χ1n) is 11.3. The highest BCUT2D eigenvalue weighted by atomic mass is 79.9. The highest BCUT2D eigenvalue weighted by Crippen LogP contribution is 2.37. The van der Waals surface area contributed by atoms with E-state index in [0.717, 1.165) is 21.3 Å². The number of aryl methyl sites for hydroxylation is 1. The van der Waals surface area contributed by atoms with Gasteiger partial charge in [0, 0.05) is 23.6 Å². The topological polar surface area (TPSA) is 64.8 Å². The van der Waals surface area contributed by atoms with Gasteiger partial charge in [0.2, 0.25) is 0 Å². The van der Waals surface area contributed by atoms with Crippen LogP contribution in [0.15, 0.2) is 94.8 Å². The molecule has 1 aromatic heterocycles. The van der Waals surface area contributed by atoms with Crippen LogP contribution in [0.2, 0.25) is 0 Å². The van der Waals surface area contributed by atoms with Gasteiger partial charge in [0.05, 0.1) is 17.3 Å². The van der Waals surface area contributed by atoms with Crippen LogP contribution < -0.4 is 14.9 Å². The average molecular weight is 532 g/mol. The number of halogens is 1. The van der Waals surface area contributed by atoms with Crippen molar-refractivity contribution in [3.8, 4) is 17.2 Å². The van der Waals surface area contributed by atoms with Gasteiger partial charge >= 0.3 is 0 Å². The average Bonchev–Trinajstić information content (AvgIpc) is 3.40. The zero-order chi connectivity index (χ0) is 24.6. The Morgan fingerprint density at radius 3 is 2.49 bits per heavy atom. The molecule has 3 aromatic carbocycles. The Kier molecular flexibility index (Phi) is 8.00. The summed E-state index contributed by atoms with van der Waals surface area (Å²) in [4.78, 5) is 12.5. The van der Waals surface area contributed by atoms with Crippen LogP contribution in [0.1, 0.15) is 34.0 Å². The van der Waals surface area contributed by atoms with Gasteiger partial charge in [-0.15, -0.1) is 0 Å². The number of hydrogen-bond donors (Lipinski definition) is 1. The largest absolute Gasteiger partial charge is 0.490 e. The smallest absolute Gasteiger partial charge is 0.271 e. The molecule has 178 valence electrons. The number of ether oxygens (including phenoxy) is 2. The van der Waals surface area contributed by atoms with E-state index in [4.69, 9.17) is 9.47 Å². The fraction of sp³-hybridized carbons (Fsp3) is 0.143. The second-order valence-electron chi connectivity index (χ2n) is 7.81. The van der Waals surface area contributed by atoms with Gasteiger partial charge in [-0.2, -0.15) is 5.10 Å². The quantitative estimate of drug-likeness (QED) is 0.204. The summed E-state index contributed by atoms with van der Waals surface area (Å²) in [6.45, 7) is 4.89. The van der Waals surface area contributed by atoms with E-state index in [9.17, 15) is 4.79 Å². The molecule has 35 heavy (non-hydrogen) atoms. The van der Waals surface area contributed by atoms with Crippen LogP contribution in [-0.4, -0.2) is 23.3 Å². The standard InChI is InChI=1S/C28H26BrN3O3/c1-3-34-26-17-21(16-25(29)27(26)35-19-23-9-5-4-8-20(23)2)18-30-31-28(33)22-10-12-24(13-11-22)32-14-6-7-15-32/h4-18H,3,19H2,1-2H3,(H,31,33). The number of amides is 1. The molecule has 1 N–H and O–H groups in total. The van der Waals surface area contributed by atoms with Gasteiger partial charge in [0.1, 0.15) is 6.61 Å². The van der Waals surface area contributed by atoms with Crippen LogP contribution >= 0.6 is 15.9 Å². The maximum Gasteiger partial charge on any atom is 0.271 e. The number of carbonyl (C=O) groups excluding carboxylic acids is 1. The van der Waals surface area contributed by atoms with Crippen molar-refractivity contribution < 1.29 is 14.3 Å². The minimum absolute atomic E-state index is 0.289. The number of rotatable bonds is 9. The summed E-state index contributed by atoms with van der Waals surface area (Å²) < 4.78 is 14.6. The van der Waals surface area contributed by atoms with E-state index in [1.54, 1.807) is 18.3 Å². The molecule has 0 saturated heterocycles. The number of hydrazone groups is 1. The first-order valence-corrected chi connectivity index (χ1v) is 12.0. The third kappa shape index (κ3) is 6.19. The normalized spacial score (nSPS) is 10.9. The Morgan fingerprint density at radius 1 is 1.03 bits per heavy atom. The number of benzene rings is 3. The van der Waals surface area contributed by atoms with Crippen molar-refractivity contribution in [2.75, 3.05) is 6.61 Å². The van der Waals surface area contributed by atoms with Gasteiger partial charge in [-0.05, 0) is 95.0 Å². The SMILES string of the molecule is CCOc1cc(C=NNC(=O)c2ccc(-n3cccc3)cc2)cc(Br)c1OCc1ccccc1C. The number of nitrogens with zero attached hydrogens (tertiary/aromatic N) is 2. The number of hydrogen-bond acceptors (Lipinski definition) is 4. The molecule has 7 heteroatoms. The van der Waals surface area contributed by atoms with Crippen molar-refractivity contribution >= 4 is 28.1 Å². The molecule has 1 heterocycles. The second-order valence-corrected chi connectivity index (χ2v) is 8.67. The molecule has 6 nitrogen and oxygen atoms in total. The lowest BCUT2D eigenvalue weighted by molar-refractivity contribution is 0.0955. The van der Waals surface area contributed by atoms with Crippen LogP contribution in [0, 0.1) is 6.92 Å². The van der Waals surface area contributed by atoms with Crippen LogP contribution in [0.3, 0.4) is 0 Å². The Morgan fingerprint density at radius 2 is 1.77 bits per heavy atom. The maximum atomic E-state index is 12.5. The van der Waals surface area contributed by atoms with Gasteiger partial charge in [-0.1, -0.05) is 24.3 Å². The van der Waals surface area contributed by atoms with Crippen LogP contribution in [0.5, 0.6) is 11.5 Å². The van der Waals surface area contributed by atoms with E-state index in [1.165, 1.54) is 5.56 Å². The van der Waals surface area contributed by atoms with Crippen molar-refractivity contribution in [2.24, 2.45) is 5.10 Å². The summed E-state index contributed by atoms with van der Waals surface area (Å²) in [6.07, 6.45) is 5.48. The second kappa shape index (κ2) is 11.5. The number of carbonyl (C=O) groups is 1. The molecule has 0 spiro atoms. The summed E-state index contributed by atoms with van der Waals surface area (Å²) >= 11 is 3.58. The molecule has 4 rings (SSSR count). The fourth-order valence-electron chi connectivity index (χ4n) is 3.51. The summed E-state index contributed by atoms with van der Waals surface area (Å²) in [7, 11) is 0. The molecular weight excluding hydrogens is 506 g/mol. The van der Waals surface area contributed by atoms with E-state index in [1.807, 2.05) is 78.5 Å². The zero-order valence-electron chi connectivity index (χ0n) is 19.6.